The van der Waals surface area contributed by atoms with E-state index in [0.717, 1.165) is 51.3 Å². The minimum atomic E-state index is -1.26. The maximum absolute atomic E-state index is 13.1. The summed E-state index contributed by atoms with van der Waals surface area (Å²) in [5.74, 6) is -4.95. The van der Waals surface area contributed by atoms with Crippen LogP contribution in [0.25, 0.3) is 0 Å². The summed E-state index contributed by atoms with van der Waals surface area (Å²) in [5, 5.41) is 31.2. The minimum absolute atomic E-state index is 0.0666. The lowest BCUT2D eigenvalue weighted by Gasteiger charge is -2.37. The molecule has 2 aliphatic heterocycles. The number of hydrogen-bond donors (Lipinski definition) is 4. The molecule has 328 valence electrons. The van der Waals surface area contributed by atoms with E-state index < -0.39 is 30.0 Å². The number of imide groups is 1. The van der Waals surface area contributed by atoms with E-state index in [0.29, 0.717) is 48.4 Å². The maximum Gasteiger partial charge on any atom is 0.328 e. The Morgan fingerprint density at radius 3 is 1.47 bits per heavy atom. The molecule has 4 rings (SSSR count). The van der Waals surface area contributed by atoms with Crippen molar-refractivity contribution in [3.05, 3.63) is 84.1 Å². The Kier molecular flexibility index (Phi) is 24.6. The number of aliphatic carboxylic acids is 4. The molecular weight excluding hydrogens is 777 g/mol. The molecule has 3 heterocycles. The largest absolute Gasteiger partial charge is 0.478 e. The topological polar surface area (TPSA) is 232 Å². The molecule has 0 bridgehead atoms. The van der Waals surface area contributed by atoms with E-state index in [1.54, 1.807) is 30.5 Å². The lowest BCUT2D eigenvalue weighted by molar-refractivity contribution is -0.150. The van der Waals surface area contributed by atoms with E-state index in [2.05, 4.69) is 21.7 Å². The van der Waals surface area contributed by atoms with Crippen LogP contribution in [-0.4, -0.2) is 122 Å². The van der Waals surface area contributed by atoms with Crippen molar-refractivity contribution in [1.82, 2.24) is 14.8 Å². The standard InChI is InChI=1S/C36H52N4O4.2C4H4O4/c1-2-3-4-5-6-7-8-9-10-11-12-13-14-22-34(41)44-30(29-40-35(42)31-19-15-16-20-32(31)36(40)43)28-38-24-26-39(27-25-38)33-21-17-18-23-37-33;2*5-3(6)1-2-4(7)8/h15-21,23,30H,2-14,22,24-29H2,1H3;2*1-2H,(H,5,6)(H,7,8)/b;2*2-1-. The highest BCUT2D eigenvalue weighted by atomic mass is 16.5. The number of esters is 1. The summed E-state index contributed by atoms with van der Waals surface area (Å²) in [5.41, 5.74) is 0.831. The second-order valence-corrected chi connectivity index (χ2v) is 14.4. The Hall–Kier alpha value is -5.90. The van der Waals surface area contributed by atoms with Crippen molar-refractivity contribution >= 4 is 47.5 Å². The van der Waals surface area contributed by atoms with Crippen LogP contribution in [0, 0.1) is 0 Å². The summed E-state index contributed by atoms with van der Waals surface area (Å²) >= 11 is 0. The lowest BCUT2D eigenvalue weighted by Crippen LogP contribution is -2.51. The Morgan fingerprint density at radius 2 is 1.05 bits per heavy atom. The highest BCUT2D eigenvalue weighted by molar-refractivity contribution is 6.21. The third-order valence-corrected chi connectivity index (χ3v) is 9.59. The number of ether oxygens (including phenoxy) is 1. The zero-order valence-corrected chi connectivity index (χ0v) is 34.5. The Bertz CT molecular complexity index is 1620. The number of hydrogen-bond acceptors (Lipinski definition) is 11. The molecular formula is C44H60N4O12. The van der Waals surface area contributed by atoms with Gasteiger partial charge in [0.1, 0.15) is 11.9 Å². The molecule has 1 atom stereocenters. The van der Waals surface area contributed by atoms with Gasteiger partial charge in [-0.25, -0.2) is 24.2 Å². The maximum atomic E-state index is 13.1. The van der Waals surface area contributed by atoms with E-state index in [9.17, 15) is 33.6 Å². The number of anilines is 1. The first kappa shape index (κ1) is 50.2. The lowest BCUT2D eigenvalue weighted by atomic mass is 10.0. The quantitative estimate of drug-likeness (QED) is 0.0392. The molecule has 1 aromatic heterocycles. The number of carboxylic acid groups (broad SMARTS) is 4. The molecule has 2 aliphatic rings. The summed E-state index contributed by atoms with van der Waals surface area (Å²) in [7, 11) is 0. The fraction of sp³-hybridized carbons (Fsp3) is 0.500. The van der Waals surface area contributed by atoms with Crippen molar-refractivity contribution in [1.29, 1.82) is 0 Å². The highest BCUT2D eigenvalue weighted by Gasteiger charge is 2.37. The molecule has 0 radical (unpaired) electrons. The first-order valence-electron chi connectivity index (χ1n) is 20.6. The molecule has 2 aromatic rings. The summed E-state index contributed by atoms with van der Waals surface area (Å²) in [4.78, 5) is 87.5. The number of amides is 2. The molecule has 1 aromatic carbocycles. The number of benzene rings is 1. The van der Waals surface area contributed by atoms with Gasteiger partial charge in [0.15, 0.2) is 0 Å². The average molecular weight is 837 g/mol. The van der Waals surface area contributed by atoms with Gasteiger partial charge in [0.2, 0.25) is 0 Å². The normalized spacial score (nSPS) is 14.2. The van der Waals surface area contributed by atoms with Gasteiger partial charge in [-0.3, -0.25) is 24.2 Å². The van der Waals surface area contributed by atoms with Crippen LogP contribution in [0.4, 0.5) is 5.82 Å². The number of carbonyl (C=O) groups is 7. The van der Waals surface area contributed by atoms with Gasteiger partial charge in [-0.2, -0.15) is 0 Å². The van der Waals surface area contributed by atoms with Gasteiger partial charge in [-0.15, -0.1) is 0 Å². The van der Waals surface area contributed by atoms with Crippen LogP contribution in [0.5, 0.6) is 0 Å². The van der Waals surface area contributed by atoms with E-state index in [4.69, 9.17) is 25.2 Å². The molecule has 2 amide bonds. The van der Waals surface area contributed by atoms with E-state index in [1.165, 1.54) is 69.1 Å². The van der Waals surface area contributed by atoms with Crippen molar-refractivity contribution in [2.24, 2.45) is 0 Å². The van der Waals surface area contributed by atoms with Gasteiger partial charge < -0.3 is 30.1 Å². The third-order valence-electron chi connectivity index (χ3n) is 9.59. The van der Waals surface area contributed by atoms with Crippen molar-refractivity contribution in [3.8, 4) is 0 Å². The fourth-order valence-corrected chi connectivity index (χ4v) is 6.55. The zero-order chi connectivity index (χ0) is 44.1. The predicted octanol–water partition coefficient (Wildman–Crippen LogP) is 6.32. The molecule has 1 saturated heterocycles. The molecule has 4 N–H and O–H groups in total. The SMILES string of the molecule is CCCCCCCCCCCCCCCC(=O)OC(CN1CCN(c2ccccn2)CC1)CN1C(=O)c2ccccc2C1=O.O=C(O)/C=C\C(=O)O.O=C(O)/C=C\C(=O)O. The van der Waals surface area contributed by atoms with Crippen molar-refractivity contribution in [3.63, 3.8) is 0 Å². The zero-order valence-electron chi connectivity index (χ0n) is 34.5. The molecule has 0 saturated carbocycles. The molecule has 1 unspecified atom stereocenters. The molecule has 1 fully saturated rings. The predicted molar refractivity (Wildman–Crippen MR) is 224 cm³/mol. The summed E-state index contributed by atoms with van der Waals surface area (Å²) in [6, 6.07) is 12.8. The van der Waals surface area contributed by atoms with Crippen molar-refractivity contribution in [2.45, 2.75) is 103 Å². The number of nitrogens with zero attached hydrogens (tertiary/aromatic N) is 4. The first-order valence-corrected chi connectivity index (χ1v) is 20.6. The van der Waals surface area contributed by atoms with Crippen LogP contribution in [0.1, 0.15) is 118 Å². The smallest absolute Gasteiger partial charge is 0.328 e. The summed E-state index contributed by atoms with van der Waals surface area (Å²) in [6.07, 6.45) is 20.1. The number of carbonyl (C=O) groups excluding carboxylic acids is 3. The Balaban J connectivity index is 0.000000652. The Labute approximate surface area is 351 Å². The number of rotatable bonds is 24. The van der Waals surface area contributed by atoms with Crippen LogP contribution in [-0.2, 0) is 28.7 Å². The second-order valence-electron chi connectivity index (χ2n) is 14.4. The van der Waals surface area contributed by atoms with Gasteiger partial charge in [0.25, 0.3) is 11.8 Å². The molecule has 0 spiro atoms. The fourth-order valence-electron chi connectivity index (χ4n) is 6.55. The Morgan fingerprint density at radius 1 is 0.617 bits per heavy atom. The number of piperazine rings is 1. The molecule has 16 heteroatoms. The average Bonchev–Trinajstić information content (AvgIpc) is 3.46. The van der Waals surface area contributed by atoms with Crippen LogP contribution in [0.3, 0.4) is 0 Å². The van der Waals surface area contributed by atoms with Crippen molar-refractivity contribution in [2.75, 3.05) is 44.2 Å². The molecule has 0 aliphatic carbocycles. The number of fused-ring (bicyclic) bond motifs is 1. The van der Waals surface area contributed by atoms with E-state index >= 15 is 0 Å². The van der Waals surface area contributed by atoms with Gasteiger partial charge in [-0.05, 0) is 30.7 Å². The van der Waals surface area contributed by atoms with Gasteiger partial charge in [-0.1, -0.05) is 102 Å². The molecule has 16 nitrogen and oxygen atoms in total. The number of unbranched alkanes of at least 4 members (excludes halogenated alkanes) is 12. The summed E-state index contributed by atoms with van der Waals surface area (Å²) in [6.45, 7) is 5.99. The van der Waals surface area contributed by atoms with Crippen molar-refractivity contribution < 1.29 is 58.7 Å². The van der Waals surface area contributed by atoms with Crippen LogP contribution >= 0.6 is 0 Å². The number of pyridine rings is 1. The number of carboxylic acids is 4. The van der Waals surface area contributed by atoms with Crippen LogP contribution in [0.15, 0.2) is 73.0 Å². The highest BCUT2D eigenvalue weighted by Crippen LogP contribution is 2.24. The third kappa shape index (κ3) is 21.2. The van der Waals surface area contributed by atoms with Gasteiger partial charge >= 0.3 is 29.8 Å². The van der Waals surface area contributed by atoms with E-state index in [1.807, 2.05) is 18.2 Å². The second kappa shape index (κ2) is 29.3. The van der Waals surface area contributed by atoms with Gasteiger partial charge in [0, 0.05) is 69.6 Å². The van der Waals surface area contributed by atoms with E-state index in [-0.39, 0.29) is 24.3 Å². The van der Waals surface area contributed by atoms with Crippen LogP contribution in [0.2, 0.25) is 0 Å². The molecule has 60 heavy (non-hydrogen) atoms. The number of aromatic nitrogens is 1. The summed E-state index contributed by atoms with van der Waals surface area (Å²) < 4.78 is 5.98. The van der Waals surface area contributed by atoms with Crippen LogP contribution < -0.4 is 4.90 Å². The van der Waals surface area contributed by atoms with Gasteiger partial charge in [0.05, 0.1) is 17.7 Å². The minimum Gasteiger partial charge on any atom is -0.478 e. The first-order chi connectivity index (χ1) is 28.8. The monoisotopic (exact) mass is 836 g/mol.